The third-order valence-corrected chi connectivity index (χ3v) is 3.10. The molecule has 0 aromatic carbocycles. The van der Waals surface area contributed by atoms with E-state index in [1.54, 1.807) is 0 Å². The Kier molecular flexibility index (Phi) is 4.43. The van der Waals surface area contributed by atoms with E-state index in [0.29, 0.717) is 5.41 Å². The Labute approximate surface area is 89.7 Å². The van der Waals surface area contributed by atoms with Crippen LogP contribution in [0.1, 0.15) is 59.8 Å². The molecule has 1 heteroatoms. The van der Waals surface area contributed by atoms with E-state index in [9.17, 15) is 0 Å². The van der Waals surface area contributed by atoms with Crippen LogP contribution in [-0.4, -0.2) is 12.6 Å². The van der Waals surface area contributed by atoms with Gasteiger partial charge in [0.2, 0.25) is 0 Å². The van der Waals surface area contributed by atoms with Crippen LogP contribution in [0.5, 0.6) is 0 Å². The first-order valence-electron chi connectivity index (χ1n) is 6.26. The second-order valence-electron chi connectivity index (χ2n) is 5.95. The molecule has 84 valence electrons. The average molecular weight is 197 g/mol. The fraction of sp³-hybridized carbons (Fsp3) is 1.00. The fourth-order valence-electron chi connectivity index (χ4n) is 2.12. The lowest BCUT2D eigenvalue weighted by Gasteiger charge is -2.21. The van der Waals surface area contributed by atoms with Crippen molar-refractivity contribution in [3.05, 3.63) is 0 Å². The molecule has 1 saturated carbocycles. The maximum Gasteiger partial charge on any atom is 0.00952 e. The van der Waals surface area contributed by atoms with Crippen LogP contribution < -0.4 is 5.32 Å². The van der Waals surface area contributed by atoms with Gasteiger partial charge in [-0.15, -0.1) is 0 Å². The summed E-state index contributed by atoms with van der Waals surface area (Å²) in [6, 6.07) is 0.822. The second-order valence-corrected chi connectivity index (χ2v) is 5.95. The van der Waals surface area contributed by atoms with Crippen molar-refractivity contribution in [3.63, 3.8) is 0 Å². The van der Waals surface area contributed by atoms with Crippen molar-refractivity contribution in [2.45, 2.75) is 65.8 Å². The van der Waals surface area contributed by atoms with Crippen molar-refractivity contribution < 1.29 is 0 Å². The summed E-state index contributed by atoms with van der Waals surface area (Å²) in [6.07, 6.45) is 7.06. The number of hydrogen-bond donors (Lipinski definition) is 1. The van der Waals surface area contributed by atoms with Crippen molar-refractivity contribution >= 4 is 0 Å². The molecule has 0 aromatic rings. The van der Waals surface area contributed by atoms with Gasteiger partial charge in [0.25, 0.3) is 0 Å². The molecule has 1 atom stereocenters. The molecule has 14 heavy (non-hydrogen) atoms. The zero-order valence-corrected chi connectivity index (χ0v) is 10.4. The summed E-state index contributed by atoms with van der Waals surface area (Å²) in [6.45, 7) is 10.4. The first kappa shape index (κ1) is 12.0. The van der Waals surface area contributed by atoms with Crippen molar-refractivity contribution in [1.29, 1.82) is 0 Å². The molecule has 1 N–H and O–H groups in total. The van der Waals surface area contributed by atoms with Gasteiger partial charge >= 0.3 is 0 Å². The number of nitrogens with one attached hydrogen (secondary N) is 1. The Balaban J connectivity index is 2.13. The van der Waals surface area contributed by atoms with Gasteiger partial charge in [0.15, 0.2) is 0 Å². The predicted molar refractivity (Wildman–Crippen MR) is 63.5 cm³/mol. The van der Waals surface area contributed by atoms with E-state index < -0.39 is 0 Å². The van der Waals surface area contributed by atoms with Crippen LogP contribution in [0, 0.1) is 11.3 Å². The summed E-state index contributed by atoms with van der Waals surface area (Å²) in [5.74, 6) is 1.01. The number of hydrogen-bond acceptors (Lipinski definition) is 1. The van der Waals surface area contributed by atoms with Crippen LogP contribution in [0.3, 0.4) is 0 Å². The van der Waals surface area contributed by atoms with Crippen LogP contribution in [0.15, 0.2) is 0 Å². The average Bonchev–Trinajstić information content (AvgIpc) is 2.83. The van der Waals surface area contributed by atoms with E-state index in [2.05, 4.69) is 33.0 Å². The summed E-state index contributed by atoms with van der Waals surface area (Å²) in [4.78, 5) is 0. The van der Waals surface area contributed by atoms with Crippen LogP contribution in [0.4, 0.5) is 0 Å². The highest BCUT2D eigenvalue weighted by Gasteiger charge is 2.30. The Morgan fingerprint density at radius 2 is 1.93 bits per heavy atom. The van der Waals surface area contributed by atoms with Crippen LogP contribution >= 0.6 is 0 Å². The summed E-state index contributed by atoms with van der Waals surface area (Å²) in [5.41, 5.74) is 0.514. The summed E-state index contributed by atoms with van der Waals surface area (Å²) in [7, 11) is 0. The highest BCUT2D eigenvalue weighted by atomic mass is 14.9. The maximum absolute atomic E-state index is 3.63. The Morgan fingerprint density at radius 3 is 2.36 bits per heavy atom. The largest absolute Gasteiger partial charge is 0.314 e. The SMILES string of the molecule is CCNC(CCCC(C)(C)C)C1CC1. The molecule has 0 amide bonds. The van der Waals surface area contributed by atoms with E-state index >= 15 is 0 Å². The van der Waals surface area contributed by atoms with E-state index in [4.69, 9.17) is 0 Å². The first-order valence-corrected chi connectivity index (χ1v) is 6.26. The van der Waals surface area contributed by atoms with Crippen LogP contribution in [0.2, 0.25) is 0 Å². The minimum absolute atomic E-state index is 0.514. The lowest BCUT2D eigenvalue weighted by molar-refractivity contribution is 0.334. The highest BCUT2D eigenvalue weighted by Crippen LogP contribution is 2.35. The van der Waals surface area contributed by atoms with Crippen molar-refractivity contribution in [1.82, 2.24) is 5.32 Å². The molecular weight excluding hydrogens is 170 g/mol. The summed E-state index contributed by atoms with van der Waals surface area (Å²) < 4.78 is 0. The predicted octanol–water partition coefficient (Wildman–Crippen LogP) is 3.59. The summed E-state index contributed by atoms with van der Waals surface area (Å²) in [5, 5.41) is 3.63. The van der Waals surface area contributed by atoms with E-state index in [-0.39, 0.29) is 0 Å². The molecule has 0 aromatic heterocycles. The Bertz CT molecular complexity index is 153. The van der Waals surface area contributed by atoms with Crippen LogP contribution in [0.25, 0.3) is 0 Å². The van der Waals surface area contributed by atoms with Crippen LogP contribution in [-0.2, 0) is 0 Å². The molecule has 1 fully saturated rings. The molecule has 1 unspecified atom stereocenters. The maximum atomic E-state index is 3.63. The molecule has 1 nitrogen and oxygen atoms in total. The smallest absolute Gasteiger partial charge is 0.00952 e. The molecule has 0 aliphatic heterocycles. The third-order valence-electron chi connectivity index (χ3n) is 3.10. The normalized spacial score (nSPS) is 19.7. The lowest BCUT2D eigenvalue weighted by atomic mass is 9.88. The van der Waals surface area contributed by atoms with Gasteiger partial charge in [0.05, 0.1) is 0 Å². The fourth-order valence-corrected chi connectivity index (χ4v) is 2.12. The van der Waals surface area contributed by atoms with Gasteiger partial charge in [0, 0.05) is 6.04 Å². The van der Waals surface area contributed by atoms with Gasteiger partial charge in [-0.3, -0.25) is 0 Å². The topological polar surface area (TPSA) is 12.0 Å². The second kappa shape index (κ2) is 5.16. The van der Waals surface area contributed by atoms with Gasteiger partial charge in [-0.1, -0.05) is 34.1 Å². The molecule has 0 bridgehead atoms. The van der Waals surface area contributed by atoms with Crippen molar-refractivity contribution in [2.75, 3.05) is 6.54 Å². The zero-order chi connectivity index (χ0) is 10.6. The third kappa shape index (κ3) is 4.99. The van der Waals surface area contributed by atoms with Gasteiger partial charge < -0.3 is 5.32 Å². The minimum Gasteiger partial charge on any atom is -0.314 e. The molecule has 0 radical (unpaired) electrons. The standard InChI is InChI=1S/C13H27N/c1-5-14-12(11-8-9-11)7-6-10-13(2,3)4/h11-12,14H,5-10H2,1-4H3. The molecule has 0 spiro atoms. The van der Waals surface area contributed by atoms with Crippen molar-refractivity contribution in [3.8, 4) is 0 Å². The van der Waals surface area contributed by atoms with E-state index in [0.717, 1.165) is 18.5 Å². The summed E-state index contributed by atoms with van der Waals surface area (Å²) >= 11 is 0. The Hall–Kier alpha value is -0.0400. The lowest BCUT2D eigenvalue weighted by Crippen LogP contribution is -2.31. The zero-order valence-electron chi connectivity index (χ0n) is 10.4. The molecule has 1 aliphatic rings. The van der Waals surface area contributed by atoms with E-state index in [1.807, 2.05) is 0 Å². The van der Waals surface area contributed by atoms with E-state index in [1.165, 1.54) is 32.1 Å². The molecular formula is C13H27N. The number of rotatable bonds is 6. The van der Waals surface area contributed by atoms with Gasteiger partial charge in [-0.05, 0) is 43.6 Å². The molecule has 1 aliphatic carbocycles. The van der Waals surface area contributed by atoms with Gasteiger partial charge in [0.1, 0.15) is 0 Å². The minimum atomic E-state index is 0.514. The molecule has 0 heterocycles. The van der Waals surface area contributed by atoms with Gasteiger partial charge in [-0.25, -0.2) is 0 Å². The Morgan fingerprint density at radius 1 is 1.29 bits per heavy atom. The molecule has 1 rings (SSSR count). The first-order chi connectivity index (χ1) is 6.53. The monoisotopic (exact) mass is 197 g/mol. The quantitative estimate of drug-likeness (QED) is 0.686. The van der Waals surface area contributed by atoms with Gasteiger partial charge in [-0.2, -0.15) is 0 Å². The molecule has 0 saturated heterocycles. The highest BCUT2D eigenvalue weighted by molar-refractivity contribution is 4.86. The van der Waals surface area contributed by atoms with Crippen molar-refractivity contribution in [2.24, 2.45) is 11.3 Å².